The summed E-state index contributed by atoms with van der Waals surface area (Å²) in [6.07, 6.45) is 0. The Bertz CT molecular complexity index is 1060. The smallest absolute Gasteiger partial charge is 0.243 e. The van der Waals surface area contributed by atoms with Crippen molar-refractivity contribution in [3.05, 3.63) is 57.6 Å². The van der Waals surface area contributed by atoms with E-state index in [0.29, 0.717) is 53.2 Å². The molecule has 9 heteroatoms. The summed E-state index contributed by atoms with van der Waals surface area (Å²) in [5.74, 6) is -0.292. The fraction of sp³-hybridized carbons (Fsp3) is 0.381. The SMILES string of the molecule is Cc1ccc(NC(=O)C(C)(C)c2ccc(Cl)c(Cl)c2)cc1S(=O)(=O)N1CCOCC1. The quantitative estimate of drug-likeness (QED) is 0.708. The Hall–Kier alpha value is -1.64. The maximum Gasteiger partial charge on any atom is 0.243 e. The average molecular weight is 471 g/mol. The molecule has 0 aliphatic carbocycles. The summed E-state index contributed by atoms with van der Waals surface area (Å²) in [7, 11) is -3.68. The lowest BCUT2D eigenvalue weighted by molar-refractivity contribution is -0.120. The summed E-state index contributed by atoms with van der Waals surface area (Å²) < 4.78 is 32.8. The van der Waals surface area contributed by atoms with E-state index in [0.717, 1.165) is 0 Å². The highest BCUT2D eigenvalue weighted by atomic mass is 35.5. The van der Waals surface area contributed by atoms with Crippen molar-refractivity contribution in [3.8, 4) is 0 Å². The number of morpholine rings is 1. The zero-order valence-electron chi connectivity index (χ0n) is 17.0. The highest BCUT2D eigenvalue weighted by Gasteiger charge is 2.32. The van der Waals surface area contributed by atoms with Crippen molar-refractivity contribution in [2.45, 2.75) is 31.1 Å². The minimum absolute atomic E-state index is 0.176. The minimum atomic E-state index is -3.68. The van der Waals surface area contributed by atoms with Crippen molar-refractivity contribution in [2.75, 3.05) is 31.6 Å². The van der Waals surface area contributed by atoms with Gasteiger partial charge in [0.05, 0.1) is 33.6 Å². The van der Waals surface area contributed by atoms with Gasteiger partial charge in [0.1, 0.15) is 0 Å². The molecule has 0 radical (unpaired) electrons. The van der Waals surface area contributed by atoms with Crippen LogP contribution in [0.25, 0.3) is 0 Å². The number of hydrogen-bond acceptors (Lipinski definition) is 4. The lowest BCUT2D eigenvalue weighted by Gasteiger charge is -2.27. The Labute approximate surface area is 187 Å². The molecular formula is C21H24Cl2N2O4S. The molecule has 0 aromatic heterocycles. The van der Waals surface area contributed by atoms with Crippen molar-refractivity contribution in [2.24, 2.45) is 0 Å². The molecule has 1 aliphatic heterocycles. The lowest BCUT2D eigenvalue weighted by atomic mass is 9.83. The molecule has 1 saturated heterocycles. The second-order valence-electron chi connectivity index (χ2n) is 7.70. The van der Waals surface area contributed by atoms with E-state index in [2.05, 4.69) is 5.32 Å². The van der Waals surface area contributed by atoms with Gasteiger partial charge in [-0.1, -0.05) is 35.3 Å². The molecule has 0 unspecified atom stereocenters. The van der Waals surface area contributed by atoms with Crippen molar-refractivity contribution in [1.29, 1.82) is 0 Å². The number of sulfonamides is 1. The number of hydrogen-bond donors (Lipinski definition) is 1. The van der Waals surface area contributed by atoms with E-state index in [1.54, 1.807) is 51.1 Å². The van der Waals surface area contributed by atoms with Crippen molar-refractivity contribution in [3.63, 3.8) is 0 Å². The highest BCUT2D eigenvalue weighted by Crippen LogP contribution is 2.32. The molecule has 6 nitrogen and oxygen atoms in total. The monoisotopic (exact) mass is 470 g/mol. The van der Waals surface area contributed by atoms with Crippen LogP contribution in [0.1, 0.15) is 25.0 Å². The molecular weight excluding hydrogens is 447 g/mol. The van der Waals surface area contributed by atoms with Gasteiger partial charge in [0.15, 0.2) is 0 Å². The number of anilines is 1. The normalized spacial score (nSPS) is 15.8. The van der Waals surface area contributed by atoms with E-state index < -0.39 is 15.4 Å². The van der Waals surface area contributed by atoms with Crippen LogP contribution in [0.15, 0.2) is 41.3 Å². The third-order valence-corrected chi connectivity index (χ3v) is 8.02. The highest BCUT2D eigenvalue weighted by molar-refractivity contribution is 7.89. The fourth-order valence-electron chi connectivity index (χ4n) is 3.19. The van der Waals surface area contributed by atoms with E-state index in [9.17, 15) is 13.2 Å². The second kappa shape index (κ2) is 8.85. The summed E-state index contributed by atoms with van der Waals surface area (Å²) in [5, 5.41) is 3.61. The standard InChI is InChI=1S/C21H24Cl2N2O4S/c1-14-4-6-16(13-19(14)30(27,28)25-8-10-29-11-9-25)24-20(26)21(2,3)15-5-7-17(22)18(23)12-15/h4-7,12-13H,8-11H2,1-3H3,(H,24,26). The zero-order chi connectivity index (χ0) is 22.1. The molecule has 0 saturated carbocycles. The summed E-state index contributed by atoms with van der Waals surface area (Å²) in [6, 6.07) is 9.94. The molecule has 162 valence electrons. The molecule has 0 bridgehead atoms. The molecule has 2 aromatic rings. The molecule has 2 aromatic carbocycles. The minimum Gasteiger partial charge on any atom is -0.379 e. The summed E-state index contributed by atoms with van der Waals surface area (Å²) >= 11 is 12.1. The van der Waals surface area contributed by atoms with Crippen molar-refractivity contribution < 1.29 is 17.9 Å². The van der Waals surface area contributed by atoms with Crippen LogP contribution in [-0.4, -0.2) is 44.9 Å². The van der Waals surface area contributed by atoms with Gasteiger partial charge in [0.2, 0.25) is 15.9 Å². The van der Waals surface area contributed by atoms with Crippen LogP contribution in [0.2, 0.25) is 10.0 Å². The molecule has 1 fully saturated rings. The van der Waals surface area contributed by atoms with E-state index in [1.807, 2.05) is 0 Å². The Morgan fingerprint density at radius 2 is 1.73 bits per heavy atom. The first kappa shape index (κ1) is 23.0. The number of ether oxygens (including phenoxy) is 1. The third-order valence-electron chi connectivity index (χ3n) is 5.24. The van der Waals surface area contributed by atoms with E-state index in [-0.39, 0.29) is 10.8 Å². The Balaban J connectivity index is 1.87. The fourth-order valence-corrected chi connectivity index (χ4v) is 5.14. The molecule has 3 rings (SSSR count). The first-order chi connectivity index (χ1) is 14.0. The number of rotatable bonds is 5. The summed E-state index contributed by atoms with van der Waals surface area (Å²) in [5.41, 5.74) is 0.805. The summed E-state index contributed by atoms with van der Waals surface area (Å²) in [6.45, 7) is 6.62. The molecule has 1 aliphatic rings. The van der Waals surface area contributed by atoms with Gasteiger partial charge < -0.3 is 10.1 Å². The van der Waals surface area contributed by atoms with Crippen LogP contribution in [0.3, 0.4) is 0 Å². The van der Waals surface area contributed by atoms with Crippen molar-refractivity contribution in [1.82, 2.24) is 4.31 Å². The van der Waals surface area contributed by atoms with Crippen LogP contribution in [0, 0.1) is 6.92 Å². The van der Waals surface area contributed by atoms with E-state index in [4.69, 9.17) is 27.9 Å². The Kier molecular flexibility index (Phi) is 6.79. The maximum atomic E-state index is 13.1. The molecule has 1 N–H and O–H groups in total. The maximum absolute atomic E-state index is 13.1. The predicted octanol–water partition coefficient (Wildman–Crippen LogP) is 4.24. The van der Waals surface area contributed by atoms with Gasteiger partial charge in [0.25, 0.3) is 0 Å². The number of nitrogens with one attached hydrogen (secondary N) is 1. The second-order valence-corrected chi connectivity index (χ2v) is 10.4. The Morgan fingerprint density at radius 3 is 2.37 bits per heavy atom. The van der Waals surface area contributed by atoms with Gasteiger partial charge in [-0.2, -0.15) is 4.31 Å². The van der Waals surface area contributed by atoms with E-state index in [1.165, 1.54) is 10.4 Å². The molecule has 0 atom stereocenters. The van der Waals surface area contributed by atoms with Gasteiger partial charge in [-0.25, -0.2) is 8.42 Å². The van der Waals surface area contributed by atoms with E-state index >= 15 is 0 Å². The summed E-state index contributed by atoms with van der Waals surface area (Å²) in [4.78, 5) is 13.2. The topological polar surface area (TPSA) is 75.7 Å². The first-order valence-electron chi connectivity index (χ1n) is 9.49. The van der Waals surface area contributed by atoms with Crippen LogP contribution in [-0.2, 0) is 25.0 Å². The number of halogens is 2. The zero-order valence-corrected chi connectivity index (χ0v) is 19.4. The van der Waals surface area contributed by atoms with Crippen LogP contribution < -0.4 is 5.32 Å². The van der Waals surface area contributed by atoms with Gasteiger partial charge in [0, 0.05) is 18.8 Å². The predicted molar refractivity (Wildman–Crippen MR) is 119 cm³/mol. The van der Waals surface area contributed by atoms with Crippen LogP contribution >= 0.6 is 23.2 Å². The van der Waals surface area contributed by atoms with Gasteiger partial charge in [-0.15, -0.1) is 0 Å². The van der Waals surface area contributed by atoms with Crippen LogP contribution in [0.4, 0.5) is 5.69 Å². The third kappa shape index (κ3) is 4.65. The van der Waals surface area contributed by atoms with Crippen LogP contribution in [0.5, 0.6) is 0 Å². The number of carbonyl (C=O) groups excluding carboxylic acids is 1. The largest absolute Gasteiger partial charge is 0.379 e. The molecule has 0 spiro atoms. The Morgan fingerprint density at radius 1 is 1.07 bits per heavy atom. The molecule has 30 heavy (non-hydrogen) atoms. The van der Waals surface area contributed by atoms with Gasteiger partial charge in [-0.3, -0.25) is 4.79 Å². The number of nitrogens with zero attached hydrogens (tertiary/aromatic N) is 1. The van der Waals surface area contributed by atoms with Crippen molar-refractivity contribution >= 4 is 44.8 Å². The number of benzene rings is 2. The molecule has 1 heterocycles. The average Bonchev–Trinajstić information content (AvgIpc) is 2.71. The number of carbonyl (C=O) groups is 1. The lowest BCUT2D eigenvalue weighted by Crippen LogP contribution is -2.40. The number of aryl methyl sites for hydroxylation is 1. The number of amides is 1. The van der Waals surface area contributed by atoms with Gasteiger partial charge in [-0.05, 0) is 56.2 Å². The van der Waals surface area contributed by atoms with Gasteiger partial charge >= 0.3 is 0 Å². The first-order valence-corrected chi connectivity index (χ1v) is 11.7. The molecule has 1 amide bonds.